The van der Waals surface area contributed by atoms with Gasteiger partial charge in [-0.2, -0.15) is 11.3 Å². The molecule has 0 aliphatic carbocycles. The monoisotopic (exact) mass is 275 g/mol. The van der Waals surface area contributed by atoms with Gasteiger partial charge in [0, 0.05) is 25.8 Å². The van der Waals surface area contributed by atoms with Crippen LogP contribution in [0.4, 0.5) is 5.69 Å². The number of hydrogen-bond acceptors (Lipinski definition) is 4. The molecule has 1 unspecified atom stereocenters. The molecule has 0 aliphatic heterocycles. The molecule has 0 spiro atoms. The Bertz CT molecular complexity index is 477. The summed E-state index contributed by atoms with van der Waals surface area (Å²) < 4.78 is 0. The molecule has 4 heteroatoms. The topological polar surface area (TPSA) is 41.3 Å². The smallest absolute Gasteiger partial charge is 0.0463 e. The predicted octanol–water partition coefficient (Wildman–Crippen LogP) is 2.95. The van der Waals surface area contributed by atoms with Crippen LogP contribution in [0.1, 0.15) is 23.6 Å². The van der Waals surface area contributed by atoms with Crippen LogP contribution >= 0.6 is 11.3 Å². The van der Waals surface area contributed by atoms with E-state index >= 15 is 0 Å². The Labute approximate surface area is 119 Å². The predicted molar refractivity (Wildman–Crippen MR) is 83.5 cm³/mol. The van der Waals surface area contributed by atoms with Crippen molar-refractivity contribution in [2.75, 3.05) is 19.0 Å². The molecule has 1 heterocycles. The quantitative estimate of drug-likeness (QED) is 0.629. The third kappa shape index (κ3) is 3.80. The maximum absolute atomic E-state index is 5.68. The van der Waals surface area contributed by atoms with E-state index in [2.05, 4.69) is 51.4 Å². The second kappa shape index (κ2) is 6.70. The maximum atomic E-state index is 5.68. The number of aryl methyl sites for hydroxylation is 1. The van der Waals surface area contributed by atoms with Crippen molar-refractivity contribution in [2.24, 2.45) is 5.84 Å². The van der Waals surface area contributed by atoms with Crippen LogP contribution in [0.3, 0.4) is 0 Å². The van der Waals surface area contributed by atoms with Gasteiger partial charge in [-0.1, -0.05) is 12.1 Å². The fraction of sp³-hybridized carbons (Fsp3) is 0.333. The van der Waals surface area contributed by atoms with Crippen molar-refractivity contribution in [3.63, 3.8) is 0 Å². The number of thiophene rings is 1. The third-order valence-electron chi connectivity index (χ3n) is 3.31. The zero-order chi connectivity index (χ0) is 13.7. The summed E-state index contributed by atoms with van der Waals surface area (Å²) >= 11 is 1.74. The Morgan fingerprint density at radius 1 is 1.21 bits per heavy atom. The number of hydrogen-bond donors (Lipinski definition) is 2. The Morgan fingerprint density at radius 2 is 1.95 bits per heavy atom. The van der Waals surface area contributed by atoms with E-state index in [1.165, 1.54) is 16.8 Å². The second-order valence-corrected chi connectivity index (χ2v) is 5.66. The van der Waals surface area contributed by atoms with Gasteiger partial charge in [0.2, 0.25) is 0 Å². The lowest BCUT2D eigenvalue weighted by atomic mass is 10.0. The van der Waals surface area contributed by atoms with E-state index in [0.717, 1.165) is 12.8 Å². The van der Waals surface area contributed by atoms with Crippen molar-refractivity contribution in [1.82, 2.24) is 5.43 Å². The number of hydrazine groups is 1. The van der Waals surface area contributed by atoms with Gasteiger partial charge in [-0.3, -0.25) is 11.3 Å². The number of nitrogens with two attached hydrogens (primary N) is 1. The van der Waals surface area contributed by atoms with E-state index in [1.807, 2.05) is 14.1 Å². The Balaban J connectivity index is 2.00. The SMILES string of the molecule is CN(C)c1ccc(C(CCc2ccsc2)NN)cc1. The van der Waals surface area contributed by atoms with Crippen LogP contribution in [0.15, 0.2) is 41.1 Å². The van der Waals surface area contributed by atoms with Gasteiger partial charge >= 0.3 is 0 Å². The number of nitrogens with one attached hydrogen (secondary N) is 1. The first-order valence-electron chi connectivity index (χ1n) is 6.45. The van der Waals surface area contributed by atoms with Crippen LogP contribution in [0.5, 0.6) is 0 Å². The highest BCUT2D eigenvalue weighted by molar-refractivity contribution is 7.07. The van der Waals surface area contributed by atoms with Crippen LogP contribution in [0, 0.1) is 0 Å². The molecule has 1 atom stereocenters. The highest BCUT2D eigenvalue weighted by Gasteiger charge is 2.10. The van der Waals surface area contributed by atoms with E-state index in [9.17, 15) is 0 Å². The van der Waals surface area contributed by atoms with Crippen LogP contribution in [0.2, 0.25) is 0 Å². The highest BCUT2D eigenvalue weighted by atomic mass is 32.1. The summed E-state index contributed by atoms with van der Waals surface area (Å²) in [7, 11) is 4.09. The van der Waals surface area contributed by atoms with Crippen molar-refractivity contribution in [3.8, 4) is 0 Å². The Hall–Kier alpha value is -1.36. The number of benzene rings is 1. The van der Waals surface area contributed by atoms with E-state index in [4.69, 9.17) is 5.84 Å². The average molecular weight is 275 g/mol. The molecular weight excluding hydrogens is 254 g/mol. The number of rotatable bonds is 6. The first-order valence-corrected chi connectivity index (χ1v) is 7.39. The Kier molecular flexibility index (Phi) is 4.96. The summed E-state index contributed by atoms with van der Waals surface area (Å²) in [6, 6.07) is 10.9. The highest BCUT2D eigenvalue weighted by Crippen LogP contribution is 2.22. The summed E-state index contributed by atoms with van der Waals surface area (Å²) in [6.07, 6.45) is 2.06. The first kappa shape index (κ1) is 14.1. The lowest BCUT2D eigenvalue weighted by Gasteiger charge is -2.18. The lowest BCUT2D eigenvalue weighted by Crippen LogP contribution is -2.28. The largest absolute Gasteiger partial charge is 0.378 e. The molecule has 2 aromatic rings. The molecule has 102 valence electrons. The molecule has 2 rings (SSSR count). The standard InChI is InChI=1S/C15H21N3S/c1-18(2)14-6-4-13(5-7-14)15(17-16)8-3-12-9-10-19-11-12/h4-7,9-11,15,17H,3,8,16H2,1-2H3. The molecule has 0 amide bonds. The number of nitrogens with zero attached hydrogens (tertiary/aromatic N) is 1. The summed E-state index contributed by atoms with van der Waals surface area (Å²) in [5.74, 6) is 5.68. The van der Waals surface area contributed by atoms with Crippen LogP contribution < -0.4 is 16.2 Å². The van der Waals surface area contributed by atoms with Crippen LogP contribution in [-0.4, -0.2) is 14.1 Å². The first-order chi connectivity index (χ1) is 9.20. The molecule has 0 fully saturated rings. The average Bonchev–Trinajstić information content (AvgIpc) is 2.93. The van der Waals surface area contributed by atoms with Gasteiger partial charge in [0.25, 0.3) is 0 Å². The van der Waals surface area contributed by atoms with E-state index in [0.29, 0.717) is 0 Å². The van der Waals surface area contributed by atoms with Gasteiger partial charge in [-0.15, -0.1) is 0 Å². The van der Waals surface area contributed by atoms with E-state index in [1.54, 1.807) is 11.3 Å². The molecule has 0 bridgehead atoms. The second-order valence-electron chi connectivity index (χ2n) is 4.88. The van der Waals surface area contributed by atoms with Gasteiger partial charge in [0.1, 0.15) is 0 Å². The van der Waals surface area contributed by atoms with E-state index in [-0.39, 0.29) is 6.04 Å². The molecular formula is C15H21N3S. The van der Waals surface area contributed by atoms with Crippen molar-refractivity contribution >= 4 is 17.0 Å². The molecule has 1 aromatic carbocycles. The Morgan fingerprint density at radius 3 is 2.47 bits per heavy atom. The van der Waals surface area contributed by atoms with E-state index < -0.39 is 0 Å². The summed E-state index contributed by atoms with van der Waals surface area (Å²) in [5.41, 5.74) is 6.75. The molecule has 3 nitrogen and oxygen atoms in total. The maximum Gasteiger partial charge on any atom is 0.0463 e. The summed E-state index contributed by atoms with van der Waals surface area (Å²) in [4.78, 5) is 2.10. The fourth-order valence-corrected chi connectivity index (χ4v) is 2.80. The minimum atomic E-state index is 0.205. The third-order valence-corrected chi connectivity index (χ3v) is 4.05. The summed E-state index contributed by atoms with van der Waals surface area (Å²) in [6.45, 7) is 0. The van der Waals surface area contributed by atoms with Gasteiger partial charge in [-0.05, 0) is 52.9 Å². The van der Waals surface area contributed by atoms with Crippen LogP contribution in [-0.2, 0) is 6.42 Å². The van der Waals surface area contributed by atoms with Crippen LogP contribution in [0.25, 0.3) is 0 Å². The van der Waals surface area contributed by atoms with Gasteiger partial charge < -0.3 is 4.90 Å². The van der Waals surface area contributed by atoms with Gasteiger partial charge in [0.15, 0.2) is 0 Å². The van der Waals surface area contributed by atoms with Crippen molar-refractivity contribution in [2.45, 2.75) is 18.9 Å². The molecule has 0 saturated carbocycles. The lowest BCUT2D eigenvalue weighted by molar-refractivity contribution is 0.517. The van der Waals surface area contributed by atoms with Crippen molar-refractivity contribution in [3.05, 3.63) is 52.2 Å². The summed E-state index contributed by atoms with van der Waals surface area (Å²) in [5, 5.41) is 4.31. The van der Waals surface area contributed by atoms with Gasteiger partial charge in [-0.25, -0.2) is 0 Å². The number of anilines is 1. The minimum absolute atomic E-state index is 0.205. The van der Waals surface area contributed by atoms with Crippen molar-refractivity contribution in [1.29, 1.82) is 0 Å². The fourth-order valence-electron chi connectivity index (χ4n) is 2.10. The molecule has 1 aromatic heterocycles. The zero-order valence-electron chi connectivity index (χ0n) is 11.5. The molecule has 0 radical (unpaired) electrons. The van der Waals surface area contributed by atoms with Gasteiger partial charge in [0.05, 0.1) is 0 Å². The molecule has 19 heavy (non-hydrogen) atoms. The van der Waals surface area contributed by atoms with Crippen molar-refractivity contribution < 1.29 is 0 Å². The minimum Gasteiger partial charge on any atom is -0.378 e. The molecule has 3 N–H and O–H groups in total. The molecule has 0 saturated heterocycles. The normalized spacial score (nSPS) is 12.4. The molecule has 0 aliphatic rings. The zero-order valence-corrected chi connectivity index (χ0v) is 12.3.